The lowest BCUT2D eigenvalue weighted by Crippen LogP contribution is -2.45. The molecule has 1 saturated heterocycles. The number of anilines is 1. The van der Waals surface area contributed by atoms with Crippen LogP contribution in [0.4, 0.5) is 5.69 Å². The molecule has 1 aliphatic heterocycles. The number of aryl methyl sites for hydroxylation is 1. The molecule has 2 rings (SSSR count). The third-order valence-electron chi connectivity index (χ3n) is 2.98. The van der Waals surface area contributed by atoms with Crippen LogP contribution >= 0.6 is 12.4 Å². The van der Waals surface area contributed by atoms with Gasteiger partial charge in [0.05, 0.1) is 6.61 Å². The van der Waals surface area contributed by atoms with Crippen LogP contribution in [-0.2, 0) is 9.53 Å². The fraction of sp³-hybridized carbons (Fsp3) is 0.385. The Morgan fingerprint density at radius 3 is 2.75 bits per heavy atom. The Hall–Kier alpha value is -1.63. The smallest absolute Gasteiger partial charge is 0.254 e. The number of amides is 2. The lowest BCUT2D eigenvalue weighted by atomic mass is 10.1. The van der Waals surface area contributed by atoms with Crippen molar-refractivity contribution in [2.75, 3.05) is 25.0 Å². The molecule has 7 heteroatoms. The summed E-state index contributed by atoms with van der Waals surface area (Å²) < 4.78 is 5.36. The third-order valence-corrected chi connectivity index (χ3v) is 2.98. The van der Waals surface area contributed by atoms with E-state index in [4.69, 9.17) is 10.5 Å². The van der Waals surface area contributed by atoms with E-state index in [-0.39, 0.29) is 18.3 Å². The Bertz CT molecular complexity index is 502. The number of ether oxygens (including phenoxy) is 1. The zero-order chi connectivity index (χ0) is 13.8. The van der Waals surface area contributed by atoms with Gasteiger partial charge in [-0.2, -0.15) is 0 Å². The van der Waals surface area contributed by atoms with E-state index < -0.39 is 12.0 Å². The number of carbonyl (C=O) groups excluding carboxylic acids is 2. The van der Waals surface area contributed by atoms with Crippen LogP contribution in [0, 0.1) is 6.92 Å². The van der Waals surface area contributed by atoms with Gasteiger partial charge in [0.2, 0.25) is 5.91 Å². The first-order chi connectivity index (χ1) is 9.08. The Morgan fingerprint density at radius 2 is 2.20 bits per heavy atom. The van der Waals surface area contributed by atoms with Crippen molar-refractivity contribution in [1.82, 2.24) is 5.32 Å². The zero-order valence-electron chi connectivity index (χ0n) is 11.1. The maximum absolute atomic E-state index is 11.9. The van der Waals surface area contributed by atoms with Gasteiger partial charge in [-0.15, -0.1) is 12.4 Å². The topological polar surface area (TPSA) is 93.4 Å². The van der Waals surface area contributed by atoms with Crippen LogP contribution in [0.25, 0.3) is 0 Å². The SMILES string of the molecule is Cc1cc(NC(=O)C2CNCCO2)ccc1C(N)=O.Cl. The second-order valence-corrected chi connectivity index (χ2v) is 4.45. The Kier molecular flexibility index (Phi) is 5.94. The number of carbonyl (C=O) groups is 2. The molecule has 0 radical (unpaired) electrons. The normalized spacial score (nSPS) is 17.9. The molecule has 4 N–H and O–H groups in total. The summed E-state index contributed by atoms with van der Waals surface area (Å²) >= 11 is 0. The first kappa shape index (κ1) is 16.4. The van der Waals surface area contributed by atoms with E-state index in [1.807, 2.05) is 0 Å². The molecule has 0 aromatic heterocycles. The molecule has 0 spiro atoms. The van der Waals surface area contributed by atoms with Gasteiger partial charge < -0.3 is 21.1 Å². The summed E-state index contributed by atoms with van der Waals surface area (Å²) in [6, 6.07) is 4.97. The van der Waals surface area contributed by atoms with Crippen LogP contribution in [0.1, 0.15) is 15.9 Å². The summed E-state index contributed by atoms with van der Waals surface area (Å²) in [6.07, 6.45) is -0.482. The standard InChI is InChI=1S/C13H17N3O3.ClH/c1-8-6-9(2-3-10(8)12(14)17)16-13(18)11-7-15-4-5-19-11;/h2-3,6,11,15H,4-5,7H2,1H3,(H2,14,17)(H,16,18);1H. The molecule has 0 bridgehead atoms. The number of hydrogen-bond acceptors (Lipinski definition) is 4. The largest absolute Gasteiger partial charge is 0.366 e. The van der Waals surface area contributed by atoms with Crippen molar-refractivity contribution >= 4 is 29.9 Å². The highest BCUT2D eigenvalue weighted by molar-refractivity contribution is 5.97. The minimum absolute atomic E-state index is 0. The molecule has 1 fully saturated rings. The van der Waals surface area contributed by atoms with Gasteiger partial charge in [-0.25, -0.2) is 0 Å². The highest BCUT2D eigenvalue weighted by Gasteiger charge is 2.21. The van der Waals surface area contributed by atoms with Gasteiger partial charge in [-0.3, -0.25) is 9.59 Å². The molecule has 1 aromatic rings. The first-order valence-electron chi connectivity index (χ1n) is 6.11. The van der Waals surface area contributed by atoms with Crippen molar-refractivity contribution in [2.24, 2.45) is 5.73 Å². The summed E-state index contributed by atoms with van der Waals surface area (Å²) in [5.41, 5.74) is 7.04. The predicted molar refractivity (Wildman–Crippen MR) is 78.2 cm³/mol. The number of primary amides is 1. The number of benzene rings is 1. The maximum Gasteiger partial charge on any atom is 0.254 e. The summed E-state index contributed by atoms with van der Waals surface area (Å²) in [6.45, 7) is 3.56. The van der Waals surface area contributed by atoms with Crippen molar-refractivity contribution in [3.8, 4) is 0 Å². The van der Waals surface area contributed by atoms with Gasteiger partial charge in [0.1, 0.15) is 6.10 Å². The number of morpholine rings is 1. The van der Waals surface area contributed by atoms with Crippen LogP contribution in [-0.4, -0.2) is 37.6 Å². The van der Waals surface area contributed by atoms with Gasteiger partial charge >= 0.3 is 0 Å². The molecule has 0 aliphatic carbocycles. The van der Waals surface area contributed by atoms with Crippen LogP contribution in [0.15, 0.2) is 18.2 Å². The maximum atomic E-state index is 11.9. The molecular weight excluding hydrogens is 282 g/mol. The second-order valence-electron chi connectivity index (χ2n) is 4.45. The minimum Gasteiger partial charge on any atom is -0.366 e. The van der Waals surface area contributed by atoms with Crippen molar-refractivity contribution < 1.29 is 14.3 Å². The summed E-state index contributed by atoms with van der Waals surface area (Å²) in [5, 5.41) is 5.85. The van der Waals surface area contributed by atoms with E-state index in [1.165, 1.54) is 0 Å². The first-order valence-corrected chi connectivity index (χ1v) is 6.11. The molecule has 20 heavy (non-hydrogen) atoms. The number of halogens is 1. The van der Waals surface area contributed by atoms with Crippen molar-refractivity contribution in [1.29, 1.82) is 0 Å². The molecule has 0 saturated carbocycles. The molecule has 6 nitrogen and oxygen atoms in total. The van der Waals surface area contributed by atoms with E-state index in [2.05, 4.69) is 10.6 Å². The zero-order valence-corrected chi connectivity index (χ0v) is 12.0. The Labute approximate surface area is 123 Å². The number of nitrogens with one attached hydrogen (secondary N) is 2. The average Bonchev–Trinajstić information content (AvgIpc) is 2.39. The van der Waals surface area contributed by atoms with Gasteiger partial charge in [-0.1, -0.05) is 0 Å². The highest BCUT2D eigenvalue weighted by atomic mass is 35.5. The highest BCUT2D eigenvalue weighted by Crippen LogP contribution is 2.15. The van der Waals surface area contributed by atoms with Crippen LogP contribution in [0.5, 0.6) is 0 Å². The van der Waals surface area contributed by atoms with E-state index in [0.29, 0.717) is 24.4 Å². The quantitative estimate of drug-likeness (QED) is 0.755. The van der Waals surface area contributed by atoms with E-state index in [9.17, 15) is 9.59 Å². The molecule has 2 amide bonds. The van der Waals surface area contributed by atoms with E-state index >= 15 is 0 Å². The van der Waals surface area contributed by atoms with Gasteiger partial charge in [0, 0.05) is 24.3 Å². The monoisotopic (exact) mass is 299 g/mol. The summed E-state index contributed by atoms with van der Waals surface area (Å²) in [7, 11) is 0. The average molecular weight is 300 g/mol. The van der Waals surface area contributed by atoms with Gasteiger partial charge in [-0.05, 0) is 30.7 Å². The van der Waals surface area contributed by atoms with Gasteiger partial charge in [0.25, 0.3) is 5.91 Å². The fourth-order valence-electron chi connectivity index (χ4n) is 1.97. The predicted octanol–water partition coefficient (Wildman–Crippen LogP) is 0.443. The molecule has 1 atom stereocenters. The van der Waals surface area contributed by atoms with Crippen molar-refractivity contribution in [3.05, 3.63) is 29.3 Å². The van der Waals surface area contributed by atoms with Gasteiger partial charge in [0.15, 0.2) is 0 Å². The third kappa shape index (κ3) is 3.93. The van der Waals surface area contributed by atoms with Crippen LogP contribution in [0.2, 0.25) is 0 Å². The second kappa shape index (κ2) is 7.23. The molecule has 1 aliphatic rings. The van der Waals surface area contributed by atoms with Crippen molar-refractivity contribution in [3.63, 3.8) is 0 Å². The minimum atomic E-state index is -0.482. The van der Waals surface area contributed by atoms with E-state index in [1.54, 1.807) is 25.1 Å². The Morgan fingerprint density at radius 1 is 1.45 bits per heavy atom. The van der Waals surface area contributed by atoms with Crippen LogP contribution < -0.4 is 16.4 Å². The molecule has 1 aromatic carbocycles. The van der Waals surface area contributed by atoms with E-state index in [0.717, 1.165) is 12.1 Å². The Balaban J connectivity index is 0.00000200. The number of hydrogen-bond donors (Lipinski definition) is 3. The molecular formula is C13H18ClN3O3. The van der Waals surface area contributed by atoms with Crippen LogP contribution in [0.3, 0.4) is 0 Å². The number of rotatable bonds is 3. The lowest BCUT2D eigenvalue weighted by Gasteiger charge is -2.22. The number of nitrogens with two attached hydrogens (primary N) is 1. The fourth-order valence-corrected chi connectivity index (χ4v) is 1.97. The summed E-state index contributed by atoms with van der Waals surface area (Å²) in [5.74, 6) is -0.673. The summed E-state index contributed by atoms with van der Waals surface area (Å²) in [4.78, 5) is 23.0. The molecule has 110 valence electrons. The van der Waals surface area contributed by atoms with Crippen molar-refractivity contribution in [2.45, 2.75) is 13.0 Å². The lowest BCUT2D eigenvalue weighted by molar-refractivity contribution is -0.128. The molecule has 1 heterocycles. The molecule has 1 unspecified atom stereocenters.